The molecule has 0 aliphatic carbocycles. The highest BCUT2D eigenvalue weighted by atomic mass is 16.6. The molecule has 0 unspecified atom stereocenters. The standard InChI is InChI=1S/C8H5N2O/c1-2-4-7(5-3-1)8-6-9-11-10-8/h1-5H. The maximum absolute atomic E-state index is 4.41. The Hall–Kier alpha value is -1.64. The summed E-state index contributed by atoms with van der Waals surface area (Å²) in [4.78, 5) is 0. The Labute approximate surface area is 63.6 Å². The third-order valence-electron chi connectivity index (χ3n) is 1.37. The van der Waals surface area contributed by atoms with Crippen LogP contribution in [0.15, 0.2) is 35.0 Å². The number of benzene rings is 1. The van der Waals surface area contributed by atoms with Crippen LogP contribution in [-0.2, 0) is 0 Å². The first kappa shape index (κ1) is 6.09. The first-order chi connectivity index (χ1) is 5.47. The number of nitrogens with zero attached hydrogens (tertiary/aromatic N) is 2. The van der Waals surface area contributed by atoms with Crippen molar-refractivity contribution in [2.75, 3.05) is 0 Å². The third-order valence-corrected chi connectivity index (χ3v) is 1.37. The van der Waals surface area contributed by atoms with Gasteiger partial charge in [-0.25, -0.2) is 4.63 Å². The van der Waals surface area contributed by atoms with E-state index in [0.717, 1.165) is 5.56 Å². The molecule has 0 saturated heterocycles. The highest BCUT2D eigenvalue weighted by Crippen LogP contribution is 2.13. The van der Waals surface area contributed by atoms with Crippen molar-refractivity contribution in [2.45, 2.75) is 0 Å². The number of rotatable bonds is 1. The molecule has 0 N–H and O–H groups in total. The van der Waals surface area contributed by atoms with Gasteiger partial charge in [0.2, 0.25) is 0 Å². The lowest BCUT2D eigenvalue weighted by Gasteiger charge is -1.89. The molecule has 1 radical (unpaired) electrons. The van der Waals surface area contributed by atoms with E-state index in [1.807, 2.05) is 30.3 Å². The fourth-order valence-electron chi connectivity index (χ4n) is 0.859. The van der Waals surface area contributed by atoms with E-state index < -0.39 is 0 Å². The van der Waals surface area contributed by atoms with Gasteiger partial charge in [-0.3, -0.25) is 0 Å². The van der Waals surface area contributed by atoms with E-state index in [1.54, 1.807) is 0 Å². The molecule has 0 bridgehead atoms. The van der Waals surface area contributed by atoms with Crippen LogP contribution in [-0.4, -0.2) is 10.3 Å². The maximum atomic E-state index is 4.41. The fourth-order valence-corrected chi connectivity index (χ4v) is 0.859. The van der Waals surface area contributed by atoms with Crippen molar-refractivity contribution in [1.29, 1.82) is 0 Å². The molecule has 53 valence electrons. The smallest absolute Gasteiger partial charge is 0.167 e. The summed E-state index contributed by atoms with van der Waals surface area (Å²) in [5, 5.41) is 7.03. The maximum Gasteiger partial charge on any atom is 0.167 e. The Kier molecular flexibility index (Phi) is 1.41. The van der Waals surface area contributed by atoms with Gasteiger partial charge in [0, 0.05) is 5.56 Å². The molecule has 2 aromatic rings. The molecule has 1 aromatic heterocycles. The van der Waals surface area contributed by atoms with Crippen molar-refractivity contribution in [3.05, 3.63) is 36.5 Å². The molecular weight excluding hydrogens is 140 g/mol. The van der Waals surface area contributed by atoms with Crippen molar-refractivity contribution in [1.82, 2.24) is 10.3 Å². The zero-order chi connectivity index (χ0) is 7.52. The molecule has 3 nitrogen and oxygen atoms in total. The lowest BCUT2D eigenvalue weighted by Crippen LogP contribution is -1.73. The van der Waals surface area contributed by atoms with Gasteiger partial charge in [-0.05, 0) is 10.3 Å². The molecule has 1 aromatic carbocycles. The van der Waals surface area contributed by atoms with Gasteiger partial charge in [0.05, 0.1) is 0 Å². The second-order valence-electron chi connectivity index (χ2n) is 2.09. The number of aromatic nitrogens is 2. The predicted octanol–water partition coefficient (Wildman–Crippen LogP) is 1.54. The molecule has 3 heteroatoms. The summed E-state index contributed by atoms with van der Waals surface area (Å²) in [7, 11) is 0. The molecule has 0 fully saturated rings. The summed E-state index contributed by atoms with van der Waals surface area (Å²) in [6.07, 6.45) is 2.63. The molecule has 2 rings (SSSR count). The summed E-state index contributed by atoms with van der Waals surface area (Å²) in [6.45, 7) is 0. The van der Waals surface area contributed by atoms with Crippen molar-refractivity contribution in [2.24, 2.45) is 0 Å². The normalized spacial score (nSPS) is 9.82. The highest BCUT2D eigenvalue weighted by Gasteiger charge is 1.99. The average molecular weight is 145 g/mol. The van der Waals surface area contributed by atoms with Crippen LogP contribution < -0.4 is 0 Å². The van der Waals surface area contributed by atoms with Crippen molar-refractivity contribution in [3.63, 3.8) is 0 Å². The predicted molar refractivity (Wildman–Crippen MR) is 38.6 cm³/mol. The van der Waals surface area contributed by atoms with E-state index in [2.05, 4.69) is 21.1 Å². The summed E-state index contributed by atoms with van der Waals surface area (Å²) < 4.78 is 4.41. The molecule has 0 spiro atoms. The average Bonchev–Trinajstić information content (AvgIpc) is 2.58. The Morgan fingerprint density at radius 1 is 1.18 bits per heavy atom. The summed E-state index contributed by atoms with van der Waals surface area (Å²) in [5.74, 6) is 0. The fraction of sp³-hybridized carbons (Fsp3) is 0. The van der Waals surface area contributed by atoms with Crippen LogP contribution in [0.1, 0.15) is 0 Å². The molecule has 1 heterocycles. The minimum absolute atomic E-state index is 0.644. The van der Waals surface area contributed by atoms with Crippen LogP contribution in [0.3, 0.4) is 0 Å². The van der Waals surface area contributed by atoms with Crippen LogP contribution in [0.2, 0.25) is 0 Å². The van der Waals surface area contributed by atoms with Gasteiger partial charge in [0.15, 0.2) is 6.20 Å². The van der Waals surface area contributed by atoms with Gasteiger partial charge in [-0.1, -0.05) is 30.3 Å². The van der Waals surface area contributed by atoms with Gasteiger partial charge in [-0.15, -0.1) is 0 Å². The van der Waals surface area contributed by atoms with E-state index in [0.29, 0.717) is 5.69 Å². The van der Waals surface area contributed by atoms with E-state index in [-0.39, 0.29) is 0 Å². The van der Waals surface area contributed by atoms with Gasteiger partial charge in [0.25, 0.3) is 0 Å². The largest absolute Gasteiger partial charge is 0.243 e. The number of hydrogen-bond donors (Lipinski definition) is 0. The van der Waals surface area contributed by atoms with Crippen molar-refractivity contribution >= 4 is 0 Å². The Morgan fingerprint density at radius 3 is 2.64 bits per heavy atom. The highest BCUT2D eigenvalue weighted by molar-refractivity contribution is 5.55. The first-order valence-electron chi connectivity index (χ1n) is 3.22. The summed E-state index contributed by atoms with van der Waals surface area (Å²) in [6, 6.07) is 9.65. The second kappa shape index (κ2) is 2.54. The van der Waals surface area contributed by atoms with Crippen molar-refractivity contribution < 1.29 is 4.63 Å². The molecule has 0 aliphatic heterocycles. The van der Waals surface area contributed by atoms with Crippen LogP contribution in [0.5, 0.6) is 0 Å². The lowest BCUT2D eigenvalue weighted by molar-refractivity contribution is 0.307. The molecule has 0 amide bonds. The van der Waals surface area contributed by atoms with Gasteiger partial charge in [0.1, 0.15) is 5.69 Å². The molecule has 0 atom stereocenters. The molecule has 0 saturated carbocycles. The quantitative estimate of drug-likeness (QED) is 0.610. The Morgan fingerprint density at radius 2 is 2.00 bits per heavy atom. The summed E-state index contributed by atoms with van der Waals surface area (Å²) in [5.41, 5.74) is 1.61. The van der Waals surface area contributed by atoms with Crippen LogP contribution >= 0.6 is 0 Å². The molecule has 11 heavy (non-hydrogen) atoms. The Balaban J connectivity index is 2.46. The van der Waals surface area contributed by atoms with E-state index in [4.69, 9.17) is 0 Å². The molecular formula is C8H5N2O. The number of hydrogen-bond acceptors (Lipinski definition) is 3. The van der Waals surface area contributed by atoms with Crippen LogP contribution in [0.4, 0.5) is 0 Å². The van der Waals surface area contributed by atoms with Gasteiger partial charge < -0.3 is 0 Å². The minimum Gasteiger partial charge on any atom is -0.243 e. The topological polar surface area (TPSA) is 38.9 Å². The van der Waals surface area contributed by atoms with E-state index in [1.165, 1.54) is 0 Å². The zero-order valence-electron chi connectivity index (χ0n) is 5.69. The summed E-state index contributed by atoms with van der Waals surface area (Å²) >= 11 is 0. The third kappa shape index (κ3) is 1.12. The Bertz CT molecular complexity index is 315. The minimum atomic E-state index is 0.644. The first-order valence-corrected chi connectivity index (χ1v) is 3.22. The second-order valence-corrected chi connectivity index (χ2v) is 2.09. The van der Waals surface area contributed by atoms with E-state index in [9.17, 15) is 0 Å². The zero-order valence-corrected chi connectivity index (χ0v) is 5.69. The van der Waals surface area contributed by atoms with Gasteiger partial charge in [-0.2, -0.15) is 0 Å². The van der Waals surface area contributed by atoms with Crippen LogP contribution in [0.25, 0.3) is 11.3 Å². The van der Waals surface area contributed by atoms with Crippen LogP contribution in [0, 0.1) is 6.20 Å². The monoisotopic (exact) mass is 145 g/mol. The van der Waals surface area contributed by atoms with Gasteiger partial charge >= 0.3 is 0 Å². The van der Waals surface area contributed by atoms with Crippen molar-refractivity contribution in [3.8, 4) is 11.3 Å². The lowest BCUT2D eigenvalue weighted by atomic mass is 10.2. The molecule has 0 aliphatic rings. The van der Waals surface area contributed by atoms with E-state index >= 15 is 0 Å². The SMILES string of the molecule is [c]1nonc1-c1ccccc1.